The summed E-state index contributed by atoms with van der Waals surface area (Å²) in [5, 5.41) is 20.5. The molecule has 1 aliphatic rings. The molecular weight excluding hydrogens is 142 g/mol. The lowest BCUT2D eigenvalue weighted by Crippen LogP contribution is -2.59. The second-order valence-corrected chi connectivity index (χ2v) is 2.30. The van der Waals surface area contributed by atoms with E-state index >= 15 is 0 Å². The van der Waals surface area contributed by atoms with Gasteiger partial charge in [0.25, 0.3) is 0 Å². The van der Waals surface area contributed by atoms with Crippen LogP contribution in [-0.4, -0.2) is 35.5 Å². The Morgan fingerprint density at radius 1 is 1.44 bits per heavy atom. The Bertz CT molecular complexity index is 85.0. The van der Waals surface area contributed by atoms with Crippen LogP contribution < -0.4 is 5.32 Å². The zero-order valence-corrected chi connectivity index (χ0v) is 5.95. The summed E-state index contributed by atoms with van der Waals surface area (Å²) >= 11 is 0. The van der Waals surface area contributed by atoms with E-state index in [4.69, 9.17) is 5.11 Å². The number of aliphatic hydroxyl groups excluding tert-OH is 1. The van der Waals surface area contributed by atoms with Crippen LogP contribution >= 0.6 is 12.4 Å². The van der Waals surface area contributed by atoms with Crippen LogP contribution in [0.5, 0.6) is 0 Å². The molecule has 0 aromatic carbocycles. The van der Waals surface area contributed by atoms with Crippen LogP contribution in [0, 0.1) is 0 Å². The summed E-state index contributed by atoms with van der Waals surface area (Å²) in [7, 11) is 0. The molecule has 3 N–H and O–H groups in total. The number of β-amino-alcohol motifs (C(OH)–C–C–N with tert-alkyl or cyclic N) is 1. The molecule has 0 saturated carbocycles. The Kier molecular flexibility index (Phi) is 3.43. The lowest BCUT2D eigenvalue weighted by Gasteiger charge is -2.36. The number of aliphatic hydroxyl groups is 2. The molecule has 3 nitrogen and oxygen atoms in total. The molecule has 0 unspecified atom stereocenters. The molecule has 9 heavy (non-hydrogen) atoms. The van der Waals surface area contributed by atoms with Crippen molar-refractivity contribution in [3.63, 3.8) is 0 Å². The SMILES string of the molecule is Cl.OCCC1(O)CNC1. The summed E-state index contributed by atoms with van der Waals surface area (Å²) in [6.45, 7) is 1.35. The Hall–Kier alpha value is 0.170. The minimum absolute atomic E-state index is 0. The van der Waals surface area contributed by atoms with Gasteiger partial charge in [-0.1, -0.05) is 0 Å². The molecule has 0 aromatic heterocycles. The topological polar surface area (TPSA) is 52.5 Å². The first-order chi connectivity index (χ1) is 3.77. The second kappa shape index (κ2) is 3.37. The van der Waals surface area contributed by atoms with Crippen molar-refractivity contribution in [3.05, 3.63) is 0 Å². The average Bonchev–Trinajstić information content (AvgIpc) is 1.64. The number of nitrogens with one attached hydrogen (secondary N) is 1. The summed E-state index contributed by atoms with van der Waals surface area (Å²) in [5.74, 6) is 0. The number of hydrogen-bond donors (Lipinski definition) is 3. The van der Waals surface area contributed by atoms with Gasteiger partial charge in [0.1, 0.15) is 0 Å². The van der Waals surface area contributed by atoms with Crippen LogP contribution in [0.15, 0.2) is 0 Å². The lowest BCUT2D eigenvalue weighted by atomic mass is 9.94. The van der Waals surface area contributed by atoms with Crippen molar-refractivity contribution in [2.75, 3.05) is 19.7 Å². The van der Waals surface area contributed by atoms with E-state index in [1.807, 2.05) is 0 Å². The maximum absolute atomic E-state index is 9.19. The fourth-order valence-corrected chi connectivity index (χ4v) is 0.798. The lowest BCUT2D eigenvalue weighted by molar-refractivity contribution is -0.0285. The Morgan fingerprint density at radius 2 is 2.00 bits per heavy atom. The van der Waals surface area contributed by atoms with E-state index in [0.29, 0.717) is 19.5 Å². The molecule has 0 radical (unpaired) electrons. The van der Waals surface area contributed by atoms with Gasteiger partial charge in [-0.2, -0.15) is 0 Å². The second-order valence-electron chi connectivity index (χ2n) is 2.30. The van der Waals surface area contributed by atoms with Gasteiger partial charge in [-0.15, -0.1) is 12.4 Å². The van der Waals surface area contributed by atoms with Crippen LogP contribution in [0.3, 0.4) is 0 Å². The standard InChI is InChI=1S/C5H11NO2.ClH/c7-2-1-5(8)3-6-4-5;/h6-8H,1-4H2;1H. The molecule has 0 bridgehead atoms. The van der Waals surface area contributed by atoms with E-state index in [2.05, 4.69) is 5.32 Å². The molecule has 0 aliphatic carbocycles. The largest absolute Gasteiger partial charge is 0.396 e. The fourth-order valence-electron chi connectivity index (χ4n) is 0.798. The smallest absolute Gasteiger partial charge is 0.0916 e. The molecule has 1 fully saturated rings. The number of rotatable bonds is 2. The summed E-state index contributed by atoms with van der Waals surface area (Å²) < 4.78 is 0. The van der Waals surface area contributed by atoms with Crippen molar-refractivity contribution in [3.8, 4) is 0 Å². The molecule has 1 heterocycles. The average molecular weight is 154 g/mol. The van der Waals surface area contributed by atoms with Gasteiger partial charge in [-0.25, -0.2) is 0 Å². The fraction of sp³-hybridized carbons (Fsp3) is 1.00. The van der Waals surface area contributed by atoms with E-state index in [1.54, 1.807) is 0 Å². The van der Waals surface area contributed by atoms with Crippen LogP contribution in [-0.2, 0) is 0 Å². The van der Waals surface area contributed by atoms with E-state index in [9.17, 15) is 5.11 Å². The first-order valence-corrected chi connectivity index (χ1v) is 2.81. The zero-order chi connectivity index (χ0) is 6.04. The maximum atomic E-state index is 9.19. The van der Waals surface area contributed by atoms with Crippen LogP contribution in [0.2, 0.25) is 0 Å². The molecule has 0 spiro atoms. The summed E-state index contributed by atoms with van der Waals surface area (Å²) in [6.07, 6.45) is 0.500. The quantitative estimate of drug-likeness (QED) is 0.483. The van der Waals surface area contributed by atoms with Crippen molar-refractivity contribution in [1.82, 2.24) is 5.32 Å². The Balaban J connectivity index is 0.000000640. The van der Waals surface area contributed by atoms with Gasteiger partial charge < -0.3 is 15.5 Å². The Labute approximate surface area is 60.5 Å². The highest BCUT2D eigenvalue weighted by atomic mass is 35.5. The van der Waals surface area contributed by atoms with Gasteiger partial charge in [0, 0.05) is 26.1 Å². The van der Waals surface area contributed by atoms with Crippen molar-refractivity contribution < 1.29 is 10.2 Å². The van der Waals surface area contributed by atoms with Gasteiger partial charge >= 0.3 is 0 Å². The first kappa shape index (κ1) is 9.17. The highest BCUT2D eigenvalue weighted by Crippen LogP contribution is 2.13. The van der Waals surface area contributed by atoms with Crippen molar-refractivity contribution in [2.24, 2.45) is 0 Å². The minimum Gasteiger partial charge on any atom is -0.396 e. The van der Waals surface area contributed by atoms with Crippen LogP contribution in [0.1, 0.15) is 6.42 Å². The van der Waals surface area contributed by atoms with Gasteiger partial charge in [-0.05, 0) is 0 Å². The molecule has 0 amide bonds. The number of halogens is 1. The van der Waals surface area contributed by atoms with E-state index in [0.717, 1.165) is 0 Å². The molecule has 1 aliphatic heterocycles. The van der Waals surface area contributed by atoms with Crippen molar-refractivity contribution >= 4 is 12.4 Å². The van der Waals surface area contributed by atoms with Crippen molar-refractivity contribution in [2.45, 2.75) is 12.0 Å². The van der Waals surface area contributed by atoms with Gasteiger partial charge in [0.15, 0.2) is 0 Å². The third kappa shape index (κ3) is 2.10. The molecule has 56 valence electrons. The third-order valence-electron chi connectivity index (χ3n) is 1.49. The predicted octanol–water partition coefficient (Wildman–Crippen LogP) is -0.875. The highest BCUT2D eigenvalue weighted by molar-refractivity contribution is 5.85. The molecule has 0 aromatic rings. The van der Waals surface area contributed by atoms with Crippen LogP contribution in [0.4, 0.5) is 0 Å². The summed E-state index contributed by atoms with van der Waals surface area (Å²) in [6, 6.07) is 0. The summed E-state index contributed by atoms with van der Waals surface area (Å²) in [5.41, 5.74) is -0.589. The molecule has 1 rings (SSSR count). The van der Waals surface area contributed by atoms with Gasteiger partial charge in [-0.3, -0.25) is 0 Å². The Morgan fingerprint density at radius 3 is 2.11 bits per heavy atom. The molecular formula is C5H12ClNO2. The normalized spacial score (nSPS) is 22.0. The monoisotopic (exact) mass is 153 g/mol. The van der Waals surface area contributed by atoms with E-state index < -0.39 is 5.60 Å². The predicted molar refractivity (Wildman–Crippen MR) is 36.8 cm³/mol. The first-order valence-electron chi connectivity index (χ1n) is 2.81. The summed E-state index contributed by atoms with van der Waals surface area (Å²) in [4.78, 5) is 0. The van der Waals surface area contributed by atoms with E-state index in [1.165, 1.54) is 0 Å². The third-order valence-corrected chi connectivity index (χ3v) is 1.49. The highest BCUT2D eigenvalue weighted by Gasteiger charge is 2.32. The van der Waals surface area contributed by atoms with Gasteiger partial charge in [0.05, 0.1) is 5.60 Å². The molecule has 0 atom stereocenters. The van der Waals surface area contributed by atoms with Gasteiger partial charge in [0.2, 0.25) is 0 Å². The van der Waals surface area contributed by atoms with E-state index in [-0.39, 0.29) is 19.0 Å². The van der Waals surface area contributed by atoms with Crippen molar-refractivity contribution in [1.29, 1.82) is 0 Å². The minimum atomic E-state index is -0.589. The molecule has 4 heteroatoms. The van der Waals surface area contributed by atoms with Crippen LogP contribution in [0.25, 0.3) is 0 Å². The maximum Gasteiger partial charge on any atom is 0.0916 e. The zero-order valence-electron chi connectivity index (χ0n) is 5.13. The molecule has 1 saturated heterocycles. The number of hydrogen-bond acceptors (Lipinski definition) is 3.